The van der Waals surface area contributed by atoms with Crippen LogP contribution in [0.15, 0.2) is 0 Å². The van der Waals surface area contributed by atoms with Crippen LogP contribution in [0.2, 0.25) is 0 Å². The Balaban J connectivity index is 0.000000714. The van der Waals surface area contributed by atoms with E-state index >= 15 is 0 Å². The van der Waals surface area contributed by atoms with E-state index in [0.717, 1.165) is 6.04 Å². The molecule has 0 aromatic heterocycles. The SMILES string of the molecule is CN1CC2(C)CC1CC(C)(C)C2.I.OC[C@H]1O[C@@H]2O[C@H]3[C@H](O)[C@@H](O)[C@@H](O[C@H]4[C@H](O)[C@@H](O)[C@@H](O[C@H]5[C@H](O)[C@@H](O)[C@@H](O[C@H]6[C@@H](O)[C@H](O)[C@@H](O[C@H]7[C@@H](O)[C@H](O)[C@@H](O[C@H]8[C@@H](O)[C@H](O)[C@@H](O[C@H]1[C@H](O)[C@H]2O)O[C@@H]8CO)O[C@@H]7CO)O[C@@H]6CO)O[C@@H]5CO)O[C@@H]4CO)O[C@@H]3CO. The zero-order chi connectivity index (χ0) is 65.0. The molecule has 0 spiro atoms. The smallest absolute Gasteiger partial charge is 0.187 e. The Hall–Kier alpha value is -0.710. The lowest BCUT2D eigenvalue weighted by molar-refractivity contribution is -0.396. The van der Waals surface area contributed by atoms with Crippen LogP contribution in [0.4, 0.5) is 0 Å². The standard InChI is InChI=1S/C42H70O35.C11H21N.HI/c43-1-8-29-15(50)22(57)36(64-8)72-30-9(2-44)66-38(24(59)17(30)52)74-32-11(4-46)68-40(26(61)19(32)54)76-34-13(6-48)70-42(28(63)21(34)56)77-35-14(7-49)69-41(27(62)20(35)55)75-33-12(5-47)67-39(25(60)18(33)53)73-31-10(3-45)65-37(71-29)23(58)16(31)51;1-10(2)5-9-6-11(3,7-10)8-12(9)4;/h8-63H,1-7H2;9H,5-8H2,1-4H3;1H/t8-,9-,10-,11-,12-,13-,14-,15-,16-,17-,18-,19+,20+,21+,22-,23-,24-,25-,26+,27+,28+,29-,30-,31-,32-,33-,34-,35-,36-,37-,38-,39-,40-,41-,42-;;/m1../s1. The molecule has 0 amide bonds. The van der Waals surface area contributed by atoms with Crippen LogP contribution in [0, 0.1) is 10.8 Å². The van der Waals surface area contributed by atoms with Crippen molar-refractivity contribution >= 4 is 24.0 Å². The van der Waals surface area contributed by atoms with Crippen molar-refractivity contribution in [1.29, 1.82) is 0 Å². The summed E-state index contributed by atoms with van der Waals surface area (Å²) in [7, 11) is 2.29. The lowest BCUT2D eigenvalue weighted by Gasteiger charge is -2.50. The fraction of sp³-hybridized carbons (Fsp3) is 1.00. The van der Waals surface area contributed by atoms with Crippen molar-refractivity contribution in [1.82, 2.24) is 4.90 Å². The number of aliphatic hydroxyl groups is 21. The van der Waals surface area contributed by atoms with E-state index in [1.165, 1.54) is 25.8 Å². The first kappa shape index (κ1) is 75.1. The Morgan fingerprint density at radius 3 is 0.622 bits per heavy atom. The minimum absolute atomic E-state index is 0. The summed E-state index contributed by atoms with van der Waals surface area (Å²) in [5.74, 6) is 0. The second-order valence-corrected chi connectivity index (χ2v) is 25.8. The number of likely N-dealkylation sites (tertiary alicyclic amines) is 1. The zero-order valence-electron chi connectivity index (χ0n) is 49.5. The number of rotatable bonds is 7. The molecule has 526 valence electrons. The molecule has 23 rings (SSSR count). The van der Waals surface area contributed by atoms with Gasteiger partial charge in [0.05, 0.1) is 46.2 Å². The molecule has 1 saturated carbocycles. The van der Waals surface area contributed by atoms with Crippen LogP contribution < -0.4 is 0 Å². The molecular weight excluding hydrogens is 1340 g/mol. The van der Waals surface area contributed by atoms with Gasteiger partial charge in [-0.2, -0.15) is 0 Å². The van der Waals surface area contributed by atoms with Crippen molar-refractivity contribution < 1.29 is 174 Å². The average molecular weight is 1430 g/mol. The van der Waals surface area contributed by atoms with Crippen LogP contribution in [0.5, 0.6) is 0 Å². The van der Waals surface area contributed by atoms with Gasteiger partial charge in [0.1, 0.15) is 171 Å². The predicted molar refractivity (Wildman–Crippen MR) is 296 cm³/mol. The number of halogens is 1. The van der Waals surface area contributed by atoms with E-state index in [0.29, 0.717) is 10.8 Å². The summed E-state index contributed by atoms with van der Waals surface area (Å²) in [4.78, 5) is 2.56. The van der Waals surface area contributed by atoms with Crippen LogP contribution in [-0.4, -0.2) is 393 Å². The molecule has 1 aliphatic carbocycles. The van der Waals surface area contributed by atoms with Crippen LogP contribution in [0.1, 0.15) is 40.0 Å². The molecule has 0 aromatic carbocycles. The fourth-order valence-electron chi connectivity index (χ4n) is 14.2. The summed E-state index contributed by atoms with van der Waals surface area (Å²) in [5.41, 5.74) is 1.21. The average Bonchev–Trinajstić information content (AvgIpc) is 1.02. The van der Waals surface area contributed by atoms with Crippen molar-refractivity contribution in [3.8, 4) is 0 Å². The first-order chi connectivity index (χ1) is 42.1. The molecule has 23 aliphatic rings. The first-order valence-electron chi connectivity index (χ1n) is 29.7. The van der Waals surface area contributed by atoms with E-state index in [1.54, 1.807) is 0 Å². The second kappa shape index (κ2) is 31.0. The van der Waals surface area contributed by atoms with Gasteiger partial charge in [-0.1, -0.05) is 20.8 Å². The van der Waals surface area contributed by atoms with Crippen molar-refractivity contribution in [3.63, 3.8) is 0 Å². The topological polar surface area (TPSA) is 557 Å². The maximum Gasteiger partial charge on any atom is 0.187 e. The molecule has 90 heavy (non-hydrogen) atoms. The Labute approximate surface area is 532 Å². The number of ether oxygens (including phenoxy) is 14. The number of aliphatic hydroxyl groups excluding tert-OH is 21. The van der Waals surface area contributed by atoms with E-state index in [4.69, 9.17) is 66.3 Å². The minimum atomic E-state index is -2.21. The summed E-state index contributed by atoms with van der Waals surface area (Å²) in [6.07, 6.45) is -66.0. The van der Waals surface area contributed by atoms with Crippen LogP contribution in [0.3, 0.4) is 0 Å². The van der Waals surface area contributed by atoms with Crippen LogP contribution in [-0.2, 0) is 66.3 Å². The van der Waals surface area contributed by atoms with E-state index in [2.05, 4.69) is 32.7 Å². The molecule has 37 heteroatoms. The van der Waals surface area contributed by atoms with Gasteiger partial charge in [0.25, 0.3) is 0 Å². The molecular formula is C53H92INO35. The minimum Gasteiger partial charge on any atom is -0.394 e. The summed E-state index contributed by atoms with van der Waals surface area (Å²) in [6, 6.07) is 0.874. The van der Waals surface area contributed by atoms with Gasteiger partial charge in [-0.25, -0.2) is 0 Å². The predicted octanol–water partition coefficient (Wildman–Crippen LogP) is -12.1. The highest BCUT2D eigenvalue weighted by molar-refractivity contribution is 14.0. The quantitative estimate of drug-likeness (QED) is 0.105. The van der Waals surface area contributed by atoms with Gasteiger partial charge in [-0.3, -0.25) is 0 Å². The van der Waals surface area contributed by atoms with Crippen molar-refractivity contribution in [2.24, 2.45) is 10.8 Å². The Morgan fingerprint density at radius 2 is 0.467 bits per heavy atom. The number of nitrogens with zero attached hydrogens (tertiary/aromatic N) is 1. The lowest BCUT2D eigenvalue weighted by Crippen LogP contribution is -2.68. The summed E-state index contributed by atoms with van der Waals surface area (Å²) < 4.78 is 79.5. The molecule has 22 saturated heterocycles. The van der Waals surface area contributed by atoms with Gasteiger partial charge in [0, 0.05) is 12.6 Å². The Bertz CT molecular complexity index is 1860. The normalized spacial score (nSPS) is 53.6. The molecule has 23 fully saturated rings. The number of hydrogen-bond acceptors (Lipinski definition) is 36. The van der Waals surface area contributed by atoms with E-state index < -0.39 is 261 Å². The third kappa shape index (κ3) is 15.3. The summed E-state index contributed by atoms with van der Waals surface area (Å²) in [5, 5.41) is 230. The third-order valence-corrected chi connectivity index (χ3v) is 18.5. The van der Waals surface area contributed by atoms with E-state index in [-0.39, 0.29) is 24.0 Å². The van der Waals surface area contributed by atoms with Gasteiger partial charge in [-0.15, -0.1) is 24.0 Å². The molecule has 21 N–H and O–H groups in total. The molecule has 37 atom stereocenters. The van der Waals surface area contributed by atoms with Gasteiger partial charge in [0.2, 0.25) is 0 Å². The zero-order valence-corrected chi connectivity index (χ0v) is 51.9. The number of hydrogen-bond donors (Lipinski definition) is 21. The highest BCUT2D eigenvalue weighted by Gasteiger charge is 2.60. The van der Waals surface area contributed by atoms with Gasteiger partial charge in [0.15, 0.2) is 44.0 Å². The van der Waals surface area contributed by atoms with Crippen molar-refractivity contribution in [3.05, 3.63) is 0 Å². The Morgan fingerprint density at radius 1 is 0.289 bits per heavy atom. The third-order valence-electron chi connectivity index (χ3n) is 18.5. The van der Waals surface area contributed by atoms with Crippen molar-refractivity contribution in [2.45, 2.75) is 261 Å². The maximum atomic E-state index is 11.3. The van der Waals surface area contributed by atoms with E-state index in [9.17, 15) is 107 Å². The monoisotopic (exact) mass is 1430 g/mol. The van der Waals surface area contributed by atoms with Crippen LogP contribution in [0.25, 0.3) is 0 Å². The van der Waals surface area contributed by atoms with E-state index in [1.807, 2.05) is 0 Å². The fourth-order valence-corrected chi connectivity index (χ4v) is 14.2. The molecule has 22 aliphatic heterocycles. The number of fused-ring (bicyclic) bond motifs is 2. The highest BCUT2D eigenvalue weighted by Crippen LogP contribution is 2.52. The summed E-state index contributed by atoms with van der Waals surface area (Å²) in [6.45, 7) is 1.31. The molecule has 16 bridgehead atoms. The molecule has 36 nitrogen and oxygen atoms in total. The lowest BCUT2D eigenvalue weighted by atomic mass is 9.65. The molecule has 22 heterocycles. The molecule has 0 aromatic rings. The van der Waals surface area contributed by atoms with Gasteiger partial charge >= 0.3 is 0 Å². The van der Waals surface area contributed by atoms with Crippen molar-refractivity contribution in [2.75, 3.05) is 59.8 Å². The molecule has 2 unspecified atom stereocenters. The maximum absolute atomic E-state index is 11.3. The highest BCUT2D eigenvalue weighted by atomic mass is 127. The largest absolute Gasteiger partial charge is 0.394 e. The Kier molecular flexibility index (Phi) is 25.9. The first-order valence-corrected chi connectivity index (χ1v) is 29.7. The second-order valence-electron chi connectivity index (χ2n) is 25.8. The summed E-state index contributed by atoms with van der Waals surface area (Å²) >= 11 is 0. The van der Waals surface area contributed by atoms with Gasteiger partial charge in [-0.05, 0) is 37.1 Å². The van der Waals surface area contributed by atoms with Gasteiger partial charge < -0.3 is 178 Å². The van der Waals surface area contributed by atoms with Crippen LogP contribution >= 0.6 is 24.0 Å². The molecule has 0 radical (unpaired) electrons.